The average Bonchev–Trinajstić information content (AvgIpc) is 3.04. The van der Waals surface area contributed by atoms with Crippen LogP contribution >= 0.6 is 11.3 Å². The number of furan rings is 1. The Labute approximate surface area is 119 Å². The molecule has 0 unspecified atom stereocenters. The molecule has 0 saturated carbocycles. The third kappa shape index (κ3) is 3.05. The number of carboxylic acids is 1. The Morgan fingerprint density at radius 3 is 2.75 bits per heavy atom. The molecule has 1 amide bonds. The molecule has 0 fully saturated rings. The lowest BCUT2D eigenvalue weighted by molar-refractivity contribution is -0.140. The first-order valence-corrected chi connectivity index (χ1v) is 6.84. The number of carbonyl (C=O) groups is 2. The van der Waals surface area contributed by atoms with Gasteiger partial charge in [0.05, 0.1) is 12.5 Å². The van der Waals surface area contributed by atoms with Crippen molar-refractivity contribution in [2.75, 3.05) is 0 Å². The molecule has 106 valence electrons. The van der Waals surface area contributed by atoms with E-state index in [1.807, 2.05) is 0 Å². The molecule has 0 saturated heterocycles. The van der Waals surface area contributed by atoms with Gasteiger partial charge in [0.1, 0.15) is 10.9 Å². The van der Waals surface area contributed by atoms with Crippen LogP contribution in [0, 0.1) is 5.92 Å². The number of hydrogen-bond donors (Lipinski definition) is 2. The van der Waals surface area contributed by atoms with Crippen LogP contribution in [0.1, 0.15) is 23.5 Å². The normalized spacial score (nSPS) is 12.3. The van der Waals surface area contributed by atoms with Crippen molar-refractivity contribution in [1.82, 2.24) is 10.3 Å². The summed E-state index contributed by atoms with van der Waals surface area (Å²) in [6.07, 6.45) is 2.94. The standard InChI is InChI=1S/C13H14N2O4S/c1-7(2)10(13(17)18)15-11(16)9-6-14-12(20-9)8-4-3-5-19-8/h3-7,10H,1-2H3,(H,15,16)(H,17,18)/t10-/m0/s1. The second kappa shape index (κ2) is 5.87. The van der Waals surface area contributed by atoms with Crippen molar-refractivity contribution >= 4 is 23.2 Å². The number of thiazole rings is 1. The van der Waals surface area contributed by atoms with Crippen molar-refractivity contribution in [3.8, 4) is 10.8 Å². The number of aromatic nitrogens is 1. The van der Waals surface area contributed by atoms with Gasteiger partial charge in [-0.1, -0.05) is 13.8 Å². The molecule has 20 heavy (non-hydrogen) atoms. The monoisotopic (exact) mass is 294 g/mol. The summed E-state index contributed by atoms with van der Waals surface area (Å²) in [7, 11) is 0. The van der Waals surface area contributed by atoms with Gasteiger partial charge < -0.3 is 14.8 Å². The largest absolute Gasteiger partial charge is 0.480 e. The van der Waals surface area contributed by atoms with E-state index in [0.717, 1.165) is 11.3 Å². The van der Waals surface area contributed by atoms with Crippen molar-refractivity contribution in [3.05, 3.63) is 29.5 Å². The topological polar surface area (TPSA) is 92.4 Å². The van der Waals surface area contributed by atoms with Crippen LogP contribution in [-0.4, -0.2) is 28.0 Å². The summed E-state index contributed by atoms with van der Waals surface area (Å²) in [6, 6.07) is 2.56. The summed E-state index contributed by atoms with van der Waals surface area (Å²) >= 11 is 1.15. The van der Waals surface area contributed by atoms with E-state index in [4.69, 9.17) is 9.52 Å². The molecule has 2 N–H and O–H groups in total. The van der Waals surface area contributed by atoms with Crippen LogP contribution in [-0.2, 0) is 4.79 Å². The van der Waals surface area contributed by atoms with E-state index in [2.05, 4.69) is 10.3 Å². The first-order valence-electron chi connectivity index (χ1n) is 6.02. The zero-order chi connectivity index (χ0) is 14.7. The molecule has 2 heterocycles. The van der Waals surface area contributed by atoms with E-state index in [-0.39, 0.29) is 5.92 Å². The minimum absolute atomic E-state index is 0.200. The van der Waals surface area contributed by atoms with Crippen molar-refractivity contribution in [2.45, 2.75) is 19.9 Å². The zero-order valence-electron chi connectivity index (χ0n) is 11.0. The Morgan fingerprint density at radius 2 is 2.20 bits per heavy atom. The smallest absolute Gasteiger partial charge is 0.326 e. The predicted molar refractivity (Wildman–Crippen MR) is 73.5 cm³/mol. The van der Waals surface area contributed by atoms with Crippen molar-refractivity contribution in [3.63, 3.8) is 0 Å². The van der Waals surface area contributed by atoms with Crippen LogP contribution in [0.4, 0.5) is 0 Å². The molecule has 0 aromatic carbocycles. The van der Waals surface area contributed by atoms with Crippen molar-refractivity contribution < 1.29 is 19.1 Å². The van der Waals surface area contributed by atoms with Gasteiger partial charge in [0.2, 0.25) is 0 Å². The lowest BCUT2D eigenvalue weighted by Crippen LogP contribution is -2.44. The molecule has 2 aromatic rings. The molecular formula is C13H14N2O4S. The van der Waals surface area contributed by atoms with E-state index in [1.54, 1.807) is 26.0 Å². The summed E-state index contributed by atoms with van der Waals surface area (Å²) in [5, 5.41) is 12.1. The van der Waals surface area contributed by atoms with Gasteiger partial charge in [-0.2, -0.15) is 0 Å². The number of hydrogen-bond acceptors (Lipinski definition) is 5. The van der Waals surface area contributed by atoms with Gasteiger partial charge in [-0.25, -0.2) is 9.78 Å². The molecule has 0 aliphatic carbocycles. The highest BCUT2D eigenvalue weighted by Crippen LogP contribution is 2.25. The summed E-state index contributed by atoms with van der Waals surface area (Å²) in [5.74, 6) is -1.12. The minimum atomic E-state index is -1.05. The number of carboxylic acid groups (broad SMARTS) is 1. The molecule has 2 aromatic heterocycles. The molecule has 0 bridgehead atoms. The van der Waals surface area contributed by atoms with Gasteiger partial charge >= 0.3 is 5.97 Å². The highest BCUT2D eigenvalue weighted by atomic mass is 32.1. The van der Waals surface area contributed by atoms with E-state index in [9.17, 15) is 9.59 Å². The Kier molecular flexibility index (Phi) is 4.19. The van der Waals surface area contributed by atoms with Crippen LogP contribution in [0.15, 0.2) is 29.0 Å². The van der Waals surface area contributed by atoms with Gasteiger partial charge in [0, 0.05) is 0 Å². The maximum Gasteiger partial charge on any atom is 0.326 e. The summed E-state index contributed by atoms with van der Waals surface area (Å²) < 4.78 is 5.19. The number of amides is 1. The van der Waals surface area contributed by atoms with Crippen molar-refractivity contribution in [2.24, 2.45) is 5.92 Å². The Hall–Kier alpha value is -2.15. The molecule has 0 spiro atoms. The SMILES string of the molecule is CC(C)[C@H](NC(=O)c1cnc(-c2ccco2)s1)C(=O)O. The predicted octanol–water partition coefficient (Wildman–Crippen LogP) is 2.24. The van der Waals surface area contributed by atoms with Gasteiger partial charge in [-0.15, -0.1) is 11.3 Å². The summed E-state index contributed by atoms with van der Waals surface area (Å²) in [6.45, 7) is 3.47. The van der Waals surface area contributed by atoms with E-state index >= 15 is 0 Å². The Morgan fingerprint density at radius 1 is 1.45 bits per heavy atom. The van der Waals surface area contributed by atoms with E-state index in [1.165, 1.54) is 12.5 Å². The van der Waals surface area contributed by atoms with Crippen LogP contribution in [0.25, 0.3) is 10.8 Å². The third-order valence-electron chi connectivity index (χ3n) is 2.68. The van der Waals surface area contributed by atoms with Gasteiger partial charge in [-0.3, -0.25) is 4.79 Å². The second-order valence-corrected chi connectivity index (χ2v) is 5.57. The lowest BCUT2D eigenvalue weighted by Gasteiger charge is -2.16. The number of carbonyl (C=O) groups excluding carboxylic acids is 1. The lowest BCUT2D eigenvalue weighted by atomic mass is 10.0. The number of aliphatic carboxylic acids is 1. The van der Waals surface area contributed by atoms with Gasteiger partial charge in [-0.05, 0) is 18.1 Å². The summed E-state index contributed by atoms with van der Waals surface area (Å²) in [4.78, 5) is 27.5. The van der Waals surface area contributed by atoms with Crippen LogP contribution in [0.3, 0.4) is 0 Å². The minimum Gasteiger partial charge on any atom is -0.480 e. The average molecular weight is 294 g/mol. The van der Waals surface area contributed by atoms with Gasteiger partial charge in [0.25, 0.3) is 5.91 Å². The molecule has 0 aliphatic heterocycles. The second-order valence-electron chi connectivity index (χ2n) is 4.54. The summed E-state index contributed by atoms with van der Waals surface area (Å²) in [5.41, 5.74) is 0. The van der Waals surface area contributed by atoms with Crippen LogP contribution in [0.5, 0.6) is 0 Å². The maximum atomic E-state index is 12.0. The first kappa shape index (κ1) is 14.3. The third-order valence-corrected chi connectivity index (χ3v) is 3.69. The van der Waals surface area contributed by atoms with Crippen molar-refractivity contribution in [1.29, 1.82) is 0 Å². The van der Waals surface area contributed by atoms with Crippen LogP contribution < -0.4 is 5.32 Å². The zero-order valence-corrected chi connectivity index (χ0v) is 11.8. The molecule has 2 rings (SSSR count). The fourth-order valence-electron chi connectivity index (χ4n) is 1.62. The highest BCUT2D eigenvalue weighted by Gasteiger charge is 2.25. The molecule has 6 nitrogen and oxygen atoms in total. The highest BCUT2D eigenvalue weighted by molar-refractivity contribution is 7.16. The van der Waals surface area contributed by atoms with E-state index in [0.29, 0.717) is 15.6 Å². The molecule has 0 aliphatic rings. The number of rotatable bonds is 5. The fourth-order valence-corrected chi connectivity index (χ4v) is 2.41. The van der Waals surface area contributed by atoms with E-state index < -0.39 is 17.9 Å². The Bertz CT molecular complexity index is 604. The maximum absolute atomic E-state index is 12.0. The fraction of sp³-hybridized carbons (Fsp3) is 0.308. The molecule has 0 radical (unpaired) electrons. The quantitative estimate of drug-likeness (QED) is 0.882. The van der Waals surface area contributed by atoms with Gasteiger partial charge in [0.15, 0.2) is 10.8 Å². The molecular weight excluding hydrogens is 280 g/mol. The Balaban J connectivity index is 2.12. The number of nitrogens with zero attached hydrogens (tertiary/aromatic N) is 1. The number of nitrogens with one attached hydrogen (secondary N) is 1. The molecule has 7 heteroatoms. The molecule has 1 atom stereocenters. The van der Waals surface area contributed by atoms with Crippen LogP contribution in [0.2, 0.25) is 0 Å². The first-order chi connectivity index (χ1) is 9.49.